The molecule has 0 bridgehead atoms. The van der Waals surface area contributed by atoms with Crippen molar-refractivity contribution in [2.45, 2.75) is 25.9 Å². The zero-order chi connectivity index (χ0) is 21.9. The largest absolute Gasteiger partial charge is 0.493 e. The molecule has 1 fully saturated rings. The lowest BCUT2D eigenvalue weighted by Gasteiger charge is -2.35. The Morgan fingerprint density at radius 2 is 1.94 bits per heavy atom. The molecule has 2 aromatic carbocycles. The number of piperazine rings is 1. The van der Waals surface area contributed by atoms with Crippen LogP contribution in [0.15, 0.2) is 55.1 Å². The number of nitrogens with one attached hydrogen (secondary N) is 1. The first-order valence-corrected chi connectivity index (χ1v) is 11.1. The molecule has 1 atom stereocenters. The average Bonchev–Trinajstić information content (AvgIpc) is 3.52. The predicted molar refractivity (Wildman–Crippen MR) is 121 cm³/mol. The predicted octanol–water partition coefficient (Wildman–Crippen LogP) is 2.79. The van der Waals surface area contributed by atoms with Gasteiger partial charge in [0.1, 0.15) is 18.4 Å². The van der Waals surface area contributed by atoms with Crippen molar-refractivity contribution in [3.8, 4) is 11.4 Å². The molecular formula is C24H28N6O2. The molecule has 1 N–H and O–H groups in total. The first-order valence-electron chi connectivity index (χ1n) is 11.1. The molecule has 2 amide bonds. The Labute approximate surface area is 187 Å². The summed E-state index contributed by atoms with van der Waals surface area (Å²) in [4.78, 5) is 21.1. The average molecular weight is 433 g/mol. The Bertz CT molecular complexity index is 1060. The van der Waals surface area contributed by atoms with Crippen molar-refractivity contribution in [2.24, 2.45) is 0 Å². The number of amides is 2. The van der Waals surface area contributed by atoms with Crippen LogP contribution in [0.25, 0.3) is 5.69 Å². The third-order valence-electron chi connectivity index (χ3n) is 6.24. The lowest BCUT2D eigenvalue weighted by atomic mass is 10.1. The van der Waals surface area contributed by atoms with Gasteiger partial charge in [-0.15, -0.1) is 0 Å². The summed E-state index contributed by atoms with van der Waals surface area (Å²) in [5.74, 6) is 1.03. The van der Waals surface area contributed by atoms with Crippen LogP contribution in [0.5, 0.6) is 5.75 Å². The van der Waals surface area contributed by atoms with Gasteiger partial charge in [0.25, 0.3) is 0 Å². The van der Waals surface area contributed by atoms with Crippen LogP contribution in [0.4, 0.5) is 4.79 Å². The lowest BCUT2D eigenvalue weighted by Crippen LogP contribution is -2.51. The van der Waals surface area contributed by atoms with E-state index in [4.69, 9.17) is 4.74 Å². The van der Waals surface area contributed by atoms with Gasteiger partial charge < -0.3 is 15.0 Å². The molecular weight excluding hydrogens is 404 g/mol. The number of carbonyl (C=O) groups is 1. The number of urea groups is 1. The fourth-order valence-corrected chi connectivity index (χ4v) is 4.32. The fourth-order valence-electron chi connectivity index (χ4n) is 4.32. The zero-order valence-corrected chi connectivity index (χ0v) is 18.3. The SMILES string of the molecule is CC(NC(=O)N1CCN(Cc2ccc3c(c2)CCO3)CC1)c1ccc(-n2cncn2)cc1. The Balaban J connectivity index is 1.11. The molecule has 8 heteroatoms. The maximum absolute atomic E-state index is 12.8. The van der Waals surface area contributed by atoms with Gasteiger partial charge in [0.2, 0.25) is 0 Å². The zero-order valence-electron chi connectivity index (χ0n) is 18.3. The standard InChI is InChI=1S/C24H28N6O2/c1-18(20-3-5-22(6-4-20)30-17-25-16-26-30)27-24(31)29-11-9-28(10-12-29)15-19-2-7-23-21(14-19)8-13-32-23/h2-7,14,16-18H,8-13,15H2,1H3,(H,27,31). The van der Waals surface area contributed by atoms with Crippen molar-refractivity contribution >= 4 is 6.03 Å². The molecule has 0 spiro atoms. The second kappa shape index (κ2) is 9.00. The number of fused-ring (bicyclic) bond motifs is 1. The van der Waals surface area contributed by atoms with Crippen molar-refractivity contribution in [1.82, 2.24) is 29.9 Å². The maximum Gasteiger partial charge on any atom is 0.317 e. The lowest BCUT2D eigenvalue weighted by molar-refractivity contribution is 0.133. The van der Waals surface area contributed by atoms with Crippen LogP contribution >= 0.6 is 0 Å². The van der Waals surface area contributed by atoms with E-state index in [9.17, 15) is 4.79 Å². The fraction of sp³-hybridized carbons (Fsp3) is 0.375. The quantitative estimate of drug-likeness (QED) is 0.671. The molecule has 2 aliphatic rings. The molecule has 1 unspecified atom stereocenters. The number of rotatable bonds is 5. The van der Waals surface area contributed by atoms with Crippen LogP contribution in [0, 0.1) is 0 Å². The minimum Gasteiger partial charge on any atom is -0.493 e. The second-order valence-corrected chi connectivity index (χ2v) is 8.41. The molecule has 0 aliphatic carbocycles. The Hall–Kier alpha value is -3.39. The number of hydrogen-bond donors (Lipinski definition) is 1. The summed E-state index contributed by atoms with van der Waals surface area (Å²) in [5, 5.41) is 7.27. The highest BCUT2D eigenvalue weighted by Crippen LogP contribution is 2.26. The number of carbonyl (C=O) groups excluding carboxylic acids is 1. The monoisotopic (exact) mass is 432 g/mol. The third kappa shape index (κ3) is 4.45. The van der Waals surface area contributed by atoms with Crippen LogP contribution < -0.4 is 10.1 Å². The van der Waals surface area contributed by atoms with Gasteiger partial charge >= 0.3 is 6.03 Å². The van der Waals surface area contributed by atoms with Crippen molar-refractivity contribution in [3.05, 3.63) is 71.8 Å². The van der Waals surface area contributed by atoms with Gasteiger partial charge in [-0.05, 0) is 41.8 Å². The highest BCUT2D eigenvalue weighted by atomic mass is 16.5. The normalized spacial score (nSPS) is 17.0. The Morgan fingerprint density at radius 3 is 2.69 bits per heavy atom. The summed E-state index contributed by atoms with van der Waals surface area (Å²) in [6, 6.07) is 14.4. The molecule has 3 aromatic rings. The van der Waals surface area contributed by atoms with Crippen LogP contribution in [0.2, 0.25) is 0 Å². The molecule has 1 aromatic heterocycles. The highest BCUT2D eigenvalue weighted by molar-refractivity contribution is 5.74. The third-order valence-corrected chi connectivity index (χ3v) is 6.24. The van der Waals surface area contributed by atoms with E-state index in [1.54, 1.807) is 11.0 Å². The molecule has 3 heterocycles. The van der Waals surface area contributed by atoms with Crippen LogP contribution in [0.3, 0.4) is 0 Å². The molecule has 8 nitrogen and oxygen atoms in total. The van der Waals surface area contributed by atoms with E-state index >= 15 is 0 Å². The molecule has 166 valence electrons. The van der Waals surface area contributed by atoms with Gasteiger partial charge in [-0.3, -0.25) is 4.90 Å². The summed E-state index contributed by atoms with van der Waals surface area (Å²) in [6.07, 6.45) is 4.17. The number of hydrogen-bond acceptors (Lipinski definition) is 5. The summed E-state index contributed by atoms with van der Waals surface area (Å²) in [5.41, 5.74) is 4.62. The molecule has 5 rings (SSSR count). The van der Waals surface area contributed by atoms with Crippen molar-refractivity contribution < 1.29 is 9.53 Å². The summed E-state index contributed by atoms with van der Waals surface area (Å²) in [7, 11) is 0. The second-order valence-electron chi connectivity index (χ2n) is 8.41. The smallest absolute Gasteiger partial charge is 0.317 e. The molecule has 32 heavy (non-hydrogen) atoms. The Kier molecular flexibility index (Phi) is 5.77. The van der Waals surface area contributed by atoms with Crippen molar-refractivity contribution in [2.75, 3.05) is 32.8 Å². The Morgan fingerprint density at radius 1 is 1.12 bits per heavy atom. The van der Waals surface area contributed by atoms with Gasteiger partial charge in [-0.1, -0.05) is 24.3 Å². The van der Waals surface area contributed by atoms with E-state index < -0.39 is 0 Å². The number of nitrogens with zero attached hydrogens (tertiary/aromatic N) is 5. The van der Waals surface area contributed by atoms with E-state index in [-0.39, 0.29) is 12.1 Å². The topological polar surface area (TPSA) is 75.5 Å². The van der Waals surface area contributed by atoms with Crippen molar-refractivity contribution in [1.29, 1.82) is 0 Å². The minimum absolute atomic E-state index is 0.00724. The molecule has 2 aliphatic heterocycles. The van der Waals surface area contributed by atoms with Crippen LogP contribution in [-0.4, -0.2) is 63.4 Å². The van der Waals surface area contributed by atoms with E-state index in [1.807, 2.05) is 36.1 Å². The van der Waals surface area contributed by atoms with Gasteiger partial charge in [-0.25, -0.2) is 14.5 Å². The van der Waals surface area contributed by atoms with Crippen LogP contribution in [-0.2, 0) is 13.0 Å². The summed E-state index contributed by atoms with van der Waals surface area (Å²) >= 11 is 0. The van der Waals surface area contributed by atoms with Gasteiger partial charge in [-0.2, -0.15) is 5.10 Å². The van der Waals surface area contributed by atoms with Gasteiger partial charge in [0.05, 0.1) is 18.3 Å². The van der Waals surface area contributed by atoms with Gasteiger partial charge in [0, 0.05) is 39.1 Å². The molecule has 0 radical (unpaired) electrons. The van der Waals surface area contributed by atoms with E-state index in [0.29, 0.717) is 0 Å². The summed E-state index contributed by atoms with van der Waals surface area (Å²) < 4.78 is 7.31. The van der Waals surface area contributed by atoms with E-state index in [2.05, 4.69) is 38.5 Å². The molecule has 1 saturated heterocycles. The number of benzene rings is 2. The highest BCUT2D eigenvalue weighted by Gasteiger charge is 2.23. The summed E-state index contributed by atoms with van der Waals surface area (Å²) in [6.45, 7) is 6.93. The van der Waals surface area contributed by atoms with E-state index in [1.165, 1.54) is 17.5 Å². The van der Waals surface area contributed by atoms with Crippen molar-refractivity contribution in [3.63, 3.8) is 0 Å². The first kappa shape index (κ1) is 20.5. The van der Waals surface area contributed by atoms with Crippen LogP contribution in [0.1, 0.15) is 29.7 Å². The minimum atomic E-state index is -0.0704. The van der Waals surface area contributed by atoms with Gasteiger partial charge in [0.15, 0.2) is 0 Å². The number of aromatic nitrogens is 3. The number of ether oxygens (including phenoxy) is 1. The van der Waals surface area contributed by atoms with E-state index in [0.717, 1.165) is 62.8 Å². The molecule has 0 saturated carbocycles. The first-order chi connectivity index (χ1) is 15.7. The maximum atomic E-state index is 12.8.